The molecule has 4 rings (SSSR count). The summed E-state index contributed by atoms with van der Waals surface area (Å²) in [4.78, 5) is 16.9. The standard InChI is InChI=1S/C23H19BrF2N2O2/c24-16-2-5-18(6-3-16)27-9-11-28(12-10-27)23(30)20-13-15(1-8-22(20)29)19-7-4-17(25)14-21(19)26/h1-8,13-14,29H,9-12H2. The fraction of sp³-hybridized carbons (Fsp3) is 0.174. The number of phenolic OH excluding ortho intramolecular Hbond substituents is 1. The summed E-state index contributed by atoms with van der Waals surface area (Å²) in [6.45, 7) is 2.34. The second kappa shape index (κ2) is 8.44. The van der Waals surface area contributed by atoms with E-state index >= 15 is 0 Å². The summed E-state index contributed by atoms with van der Waals surface area (Å²) in [5.41, 5.74) is 1.77. The van der Waals surface area contributed by atoms with Gasteiger partial charge in [0.05, 0.1) is 5.56 Å². The number of carbonyl (C=O) groups excluding carboxylic acids is 1. The van der Waals surface area contributed by atoms with Gasteiger partial charge in [-0.1, -0.05) is 22.0 Å². The molecule has 0 atom stereocenters. The molecule has 1 saturated heterocycles. The predicted molar refractivity (Wildman–Crippen MR) is 116 cm³/mol. The predicted octanol–water partition coefficient (Wildman–Crippen LogP) is 5.06. The zero-order valence-electron chi connectivity index (χ0n) is 16.0. The average molecular weight is 473 g/mol. The highest BCUT2D eigenvalue weighted by Crippen LogP contribution is 2.29. The second-order valence-electron chi connectivity index (χ2n) is 7.11. The van der Waals surface area contributed by atoms with Crippen LogP contribution in [-0.2, 0) is 0 Å². The van der Waals surface area contributed by atoms with Gasteiger partial charge in [-0.2, -0.15) is 0 Å². The van der Waals surface area contributed by atoms with Crippen LogP contribution in [0.4, 0.5) is 14.5 Å². The van der Waals surface area contributed by atoms with Crippen molar-refractivity contribution in [2.45, 2.75) is 0 Å². The molecule has 0 aliphatic carbocycles. The fourth-order valence-corrected chi connectivity index (χ4v) is 3.85. The lowest BCUT2D eigenvalue weighted by molar-refractivity contribution is 0.0744. The number of nitrogens with zero attached hydrogens (tertiary/aromatic N) is 2. The van der Waals surface area contributed by atoms with Crippen molar-refractivity contribution in [3.05, 3.63) is 82.3 Å². The smallest absolute Gasteiger partial charge is 0.257 e. The number of piperazine rings is 1. The van der Waals surface area contributed by atoms with Gasteiger partial charge in [0, 0.05) is 48.0 Å². The van der Waals surface area contributed by atoms with Crippen LogP contribution in [0.25, 0.3) is 11.1 Å². The van der Waals surface area contributed by atoms with Crippen LogP contribution in [0.5, 0.6) is 5.75 Å². The molecule has 0 radical (unpaired) electrons. The number of phenols is 1. The molecule has 3 aromatic rings. The highest BCUT2D eigenvalue weighted by atomic mass is 79.9. The first-order chi connectivity index (χ1) is 14.4. The molecule has 7 heteroatoms. The Bertz CT molecular complexity index is 1080. The van der Waals surface area contributed by atoms with E-state index in [-0.39, 0.29) is 22.8 Å². The van der Waals surface area contributed by atoms with Gasteiger partial charge in [-0.3, -0.25) is 4.79 Å². The average Bonchev–Trinajstić information content (AvgIpc) is 2.75. The Balaban J connectivity index is 1.51. The first-order valence-corrected chi connectivity index (χ1v) is 10.3. The maximum absolute atomic E-state index is 14.1. The Morgan fingerprint density at radius 2 is 1.60 bits per heavy atom. The van der Waals surface area contributed by atoms with E-state index in [1.54, 1.807) is 4.90 Å². The molecule has 4 nitrogen and oxygen atoms in total. The quantitative estimate of drug-likeness (QED) is 0.579. The van der Waals surface area contributed by atoms with E-state index in [0.29, 0.717) is 31.7 Å². The van der Waals surface area contributed by atoms with Crippen molar-refractivity contribution in [3.63, 3.8) is 0 Å². The molecule has 1 fully saturated rings. The third-order valence-corrected chi connectivity index (χ3v) is 5.76. The summed E-state index contributed by atoms with van der Waals surface area (Å²) in [7, 11) is 0. The summed E-state index contributed by atoms with van der Waals surface area (Å²) >= 11 is 3.42. The van der Waals surface area contributed by atoms with Crippen LogP contribution >= 0.6 is 15.9 Å². The summed E-state index contributed by atoms with van der Waals surface area (Å²) in [6.07, 6.45) is 0. The van der Waals surface area contributed by atoms with Crippen LogP contribution in [0, 0.1) is 11.6 Å². The van der Waals surface area contributed by atoms with Crippen molar-refractivity contribution >= 4 is 27.5 Å². The van der Waals surface area contributed by atoms with Crippen molar-refractivity contribution in [2.75, 3.05) is 31.1 Å². The number of hydrogen-bond donors (Lipinski definition) is 1. The normalized spacial score (nSPS) is 14.1. The van der Waals surface area contributed by atoms with E-state index in [9.17, 15) is 18.7 Å². The van der Waals surface area contributed by atoms with Gasteiger partial charge in [-0.15, -0.1) is 0 Å². The maximum atomic E-state index is 14.1. The van der Waals surface area contributed by atoms with Crippen molar-refractivity contribution in [3.8, 4) is 16.9 Å². The van der Waals surface area contributed by atoms with E-state index in [4.69, 9.17) is 0 Å². The molecule has 0 spiro atoms. The molecule has 0 saturated carbocycles. The molecule has 1 aliphatic heterocycles. The molecule has 0 unspecified atom stereocenters. The minimum Gasteiger partial charge on any atom is -0.507 e. The highest BCUT2D eigenvalue weighted by molar-refractivity contribution is 9.10. The van der Waals surface area contributed by atoms with Crippen LogP contribution in [0.3, 0.4) is 0 Å². The Morgan fingerprint density at radius 3 is 2.27 bits per heavy atom. The lowest BCUT2D eigenvalue weighted by atomic mass is 10.0. The number of carbonyl (C=O) groups is 1. The number of rotatable bonds is 3. The molecule has 154 valence electrons. The largest absolute Gasteiger partial charge is 0.507 e. The molecule has 0 bridgehead atoms. The van der Waals surface area contributed by atoms with E-state index in [2.05, 4.69) is 20.8 Å². The summed E-state index contributed by atoms with van der Waals surface area (Å²) < 4.78 is 28.4. The SMILES string of the molecule is O=C(c1cc(-c2ccc(F)cc2F)ccc1O)N1CCN(c2ccc(Br)cc2)CC1. The minimum absolute atomic E-state index is 0.105. The molecule has 1 amide bonds. The summed E-state index contributed by atoms with van der Waals surface area (Å²) in [6, 6.07) is 15.6. The fourth-order valence-electron chi connectivity index (χ4n) is 3.59. The zero-order chi connectivity index (χ0) is 21.3. The van der Waals surface area contributed by atoms with Gasteiger partial charge < -0.3 is 14.9 Å². The Hall–Kier alpha value is -2.93. The van der Waals surface area contributed by atoms with Crippen molar-refractivity contribution in [1.82, 2.24) is 4.90 Å². The number of anilines is 1. The summed E-state index contributed by atoms with van der Waals surface area (Å²) in [5, 5.41) is 10.2. The molecule has 1 N–H and O–H groups in total. The van der Waals surface area contributed by atoms with E-state index in [0.717, 1.165) is 22.3 Å². The summed E-state index contributed by atoms with van der Waals surface area (Å²) in [5.74, 6) is -1.87. The van der Waals surface area contributed by atoms with Crippen LogP contribution in [0.1, 0.15) is 10.4 Å². The topological polar surface area (TPSA) is 43.8 Å². The number of aromatic hydroxyl groups is 1. The minimum atomic E-state index is -0.720. The van der Waals surface area contributed by atoms with Crippen molar-refractivity contribution in [2.24, 2.45) is 0 Å². The molecular weight excluding hydrogens is 454 g/mol. The van der Waals surface area contributed by atoms with Crippen LogP contribution in [0.2, 0.25) is 0 Å². The third kappa shape index (κ3) is 4.16. The van der Waals surface area contributed by atoms with E-state index in [1.165, 1.54) is 24.3 Å². The molecule has 3 aromatic carbocycles. The van der Waals surface area contributed by atoms with Crippen LogP contribution in [-0.4, -0.2) is 42.1 Å². The Labute approximate surface area is 181 Å². The van der Waals surface area contributed by atoms with E-state index in [1.807, 2.05) is 24.3 Å². The van der Waals surface area contributed by atoms with Crippen LogP contribution < -0.4 is 4.90 Å². The zero-order valence-corrected chi connectivity index (χ0v) is 17.6. The monoisotopic (exact) mass is 472 g/mol. The van der Waals surface area contributed by atoms with Crippen LogP contribution in [0.15, 0.2) is 65.1 Å². The van der Waals surface area contributed by atoms with Crippen molar-refractivity contribution in [1.29, 1.82) is 0 Å². The van der Waals surface area contributed by atoms with E-state index < -0.39 is 11.6 Å². The van der Waals surface area contributed by atoms with Gasteiger partial charge in [0.1, 0.15) is 17.4 Å². The number of hydrogen-bond acceptors (Lipinski definition) is 3. The first-order valence-electron chi connectivity index (χ1n) is 9.50. The highest BCUT2D eigenvalue weighted by Gasteiger charge is 2.25. The lowest BCUT2D eigenvalue weighted by Crippen LogP contribution is -2.48. The second-order valence-corrected chi connectivity index (χ2v) is 8.03. The van der Waals surface area contributed by atoms with Gasteiger partial charge >= 0.3 is 0 Å². The maximum Gasteiger partial charge on any atom is 0.257 e. The lowest BCUT2D eigenvalue weighted by Gasteiger charge is -2.36. The van der Waals surface area contributed by atoms with Gasteiger partial charge in [-0.25, -0.2) is 8.78 Å². The number of amides is 1. The number of halogens is 3. The van der Waals surface area contributed by atoms with Gasteiger partial charge in [-0.05, 0) is 54.1 Å². The molecule has 1 aliphatic rings. The molecule has 1 heterocycles. The van der Waals surface area contributed by atoms with Gasteiger partial charge in [0.25, 0.3) is 5.91 Å². The third-order valence-electron chi connectivity index (χ3n) is 5.23. The van der Waals surface area contributed by atoms with Gasteiger partial charge in [0.2, 0.25) is 0 Å². The number of benzene rings is 3. The molecule has 30 heavy (non-hydrogen) atoms. The first kappa shape index (κ1) is 20.3. The molecular formula is C23H19BrF2N2O2. The Kier molecular flexibility index (Phi) is 5.72. The Morgan fingerprint density at radius 1 is 0.900 bits per heavy atom. The van der Waals surface area contributed by atoms with Crippen molar-refractivity contribution < 1.29 is 18.7 Å². The molecule has 0 aromatic heterocycles. The van der Waals surface area contributed by atoms with Gasteiger partial charge in [0.15, 0.2) is 0 Å².